The van der Waals surface area contributed by atoms with Crippen molar-refractivity contribution in [3.8, 4) is 11.5 Å². The summed E-state index contributed by atoms with van der Waals surface area (Å²) in [5, 5.41) is 0. The van der Waals surface area contributed by atoms with Crippen LogP contribution in [0, 0.1) is 6.92 Å². The van der Waals surface area contributed by atoms with Crippen LogP contribution in [0.5, 0.6) is 11.5 Å². The predicted octanol–water partition coefficient (Wildman–Crippen LogP) is 5.46. The second-order valence-electron chi connectivity index (χ2n) is 6.20. The van der Waals surface area contributed by atoms with Gasteiger partial charge in [-0.05, 0) is 49.4 Å². The van der Waals surface area contributed by atoms with E-state index in [9.17, 15) is 0 Å². The molecular formula is C21H28O3. The van der Waals surface area contributed by atoms with E-state index in [0.717, 1.165) is 17.7 Å². The SMILES string of the molecule is CCC(C)c1ccc(OC(C)OCc2ccc(C)cc2)c(OC)c1. The van der Waals surface area contributed by atoms with Gasteiger partial charge >= 0.3 is 0 Å². The molecule has 0 aromatic heterocycles. The molecule has 130 valence electrons. The Morgan fingerprint density at radius 2 is 1.67 bits per heavy atom. The van der Waals surface area contributed by atoms with E-state index in [0.29, 0.717) is 18.3 Å². The molecular weight excluding hydrogens is 300 g/mol. The molecule has 2 aromatic rings. The first-order valence-electron chi connectivity index (χ1n) is 8.55. The zero-order valence-electron chi connectivity index (χ0n) is 15.3. The van der Waals surface area contributed by atoms with Gasteiger partial charge in [-0.3, -0.25) is 0 Å². The average molecular weight is 328 g/mol. The summed E-state index contributed by atoms with van der Waals surface area (Å²) in [5.41, 5.74) is 3.64. The minimum Gasteiger partial charge on any atom is -0.493 e. The van der Waals surface area contributed by atoms with Crippen molar-refractivity contribution in [1.29, 1.82) is 0 Å². The molecule has 3 heteroatoms. The van der Waals surface area contributed by atoms with E-state index in [2.05, 4.69) is 57.2 Å². The van der Waals surface area contributed by atoms with Gasteiger partial charge in [0.05, 0.1) is 13.7 Å². The van der Waals surface area contributed by atoms with E-state index in [1.54, 1.807) is 7.11 Å². The number of hydrogen-bond acceptors (Lipinski definition) is 3. The van der Waals surface area contributed by atoms with Gasteiger partial charge in [0.15, 0.2) is 17.8 Å². The fourth-order valence-electron chi connectivity index (χ4n) is 2.43. The number of methoxy groups -OCH3 is 1. The van der Waals surface area contributed by atoms with E-state index >= 15 is 0 Å². The molecule has 2 rings (SSSR count). The Morgan fingerprint density at radius 1 is 0.958 bits per heavy atom. The summed E-state index contributed by atoms with van der Waals surface area (Å²) < 4.78 is 17.2. The maximum Gasteiger partial charge on any atom is 0.197 e. The highest BCUT2D eigenvalue weighted by Gasteiger charge is 2.12. The predicted molar refractivity (Wildman–Crippen MR) is 97.8 cm³/mol. The summed E-state index contributed by atoms with van der Waals surface area (Å²) >= 11 is 0. The van der Waals surface area contributed by atoms with Gasteiger partial charge in [-0.1, -0.05) is 49.7 Å². The average Bonchev–Trinajstić information content (AvgIpc) is 2.60. The topological polar surface area (TPSA) is 27.7 Å². The molecule has 0 aliphatic rings. The molecule has 2 atom stereocenters. The van der Waals surface area contributed by atoms with Crippen LogP contribution in [-0.2, 0) is 11.3 Å². The van der Waals surface area contributed by atoms with Crippen molar-refractivity contribution in [1.82, 2.24) is 0 Å². The minimum atomic E-state index is -0.352. The number of hydrogen-bond donors (Lipinski definition) is 0. The molecule has 0 aliphatic carbocycles. The number of ether oxygens (including phenoxy) is 3. The Bertz CT molecular complexity index is 634. The van der Waals surface area contributed by atoms with Gasteiger partial charge in [-0.25, -0.2) is 0 Å². The normalized spacial score (nSPS) is 13.4. The highest BCUT2D eigenvalue weighted by atomic mass is 16.7. The highest BCUT2D eigenvalue weighted by Crippen LogP contribution is 2.32. The summed E-state index contributed by atoms with van der Waals surface area (Å²) in [4.78, 5) is 0. The third kappa shape index (κ3) is 5.00. The third-order valence-corrected chi connectivity index (χ3v) is 4.27. The van der Waals surface area contributed by atoms with E-state index < -0.39 is 0 Å². The molecule has 0 aliphatic heterocycles. The number of benzene rings is 2. The van der Waals surface area contributed by atoms with Crippen LogP contribution in [0.1, 0.15) is 49.8 Å². The Kier molecular flexibility index (Phi) is 6.68. The lowest BCUT2D eigenvalue weighted by Gasteiger charge is -2.19. The van der Waals surface area contributed by atoms with Gasteiger partial charge in [0, 0.05) is 0 Å². The maximum absolute atomic E-state index is 5.90. The first kappa shape index (κ1) is 18.3. The van der Waals surface area contributed by atoms with Gasteiger partial charge in [0.25, 0.3) is 0 Å². The lowest BCUT2D eigenvalue weighted by molar-refractivity contribution is -0.0768. The second-order valence-corrected chi connectivity index (χ2v) is 6.20. The quantitative estimate of drug-likeness (QED) is 0.602. The van der Waals surface area contributed by atoms with Crippen molar-refractivity contribution in [2.24, 2.45) is 0 Å². The first-order chi connectivity index (χ1) is 11.5. The van der Waals surface area contributed by atoms with Gasteiger partial charge in [0.1, 0.15) is 0 Å². The molecule has 0 fully saturated rings. The molecule has 0 bridgehead atoms. The second kappa shape index (κ2) is 8.74. The van der Waals surface area contributed by atoms with Gasteiger partial charge < -0.3 is 14.2 Å². The summed E-state index contributed by atoms with van der Waals surface area (Å²) in [6, 6.07) is 14.4. The standard InChI is InChI=1S/C21H28O3/c1-6-16(3)19-11-12-20(21(13-19)22-5)24-17(4)23-14-18-9-7-15(2)8-10-18/h7-13,16-17H,6,14H2,1-5H3. The Morgan fingerprint density at radius 3 is 2.29 bits per heavy atom. The van der Waals surface area contributed by atoms with E-state index in [-0.39, 0.29) is 6.29 Å². The van der Waals surface area contributed by atoms with Crippen molar-refractivity contribution >= 4 is 0 Å². The molecule has 0 spiro atoms. The van der Waals surface area contributed by atoms with Crippen LogP contribution in [0.15, 0.2) is 42.5 Å². The monoisotopic (exact) mass is 328 g/mol. The van der Waals surface area contributed by atoms with Crippen molar-refractivity contribution in [3.63, 3.8) is 0 Å². The number of rotatable bonds is 8. The van der Waals surface area contributed by atoms with Gasteiger partial charge in [-0.2, -0.15) is 0 Å². The van der Waals surface area contributed by atoms with Crippen LogP contribution in [0.3, 0.4) is 0 Å². The third-order valence-electron chi connectivity index (χ3n) is 4.27. The van der Waals surface area contributed by atoms with Crippen molar-refractivity contribution in [3.05, 3.63) is 59.2 Å². The fraction of sp³-hybridized carbons (Fsp3) is 0.429. The largest absolute Gasteiger partial charge is 0.493 e. The lowest BCUT2D eigenvalue weighted by Crippen LogP contribution is -2.16. The minimum absolute atomic E-state index is 0.352. The summed E-state index contributed by atoms with van der Waals surface area (Å²) in [5.74, 6) is 1.96. The van der Waals surface area contributed by atoms with Crippen molar-refractivity contribution in [2.45, 2.75) is 52.9 Å². The molecule has 2 unspecified atom stereocenters. The maximum atomic E-state index is 5.90. The van der Waals surface area contributed by atoms with Crippen LogP contribution in [0.2, 0.25) is 0 Å². The molecule has 0 saturated carbocycles. The molecule has 2 aromatic carbocycles. The Balaban J connectivity index is 1.97. The van der Waals surface area contributed by atoms with Crippen LogP contribution < -0.4 is 9.47 Å². The van der Waals surface area contributed by atoms with Crippen molar-refractivity contribution in [2.75, 3.05) is 7.11 Å². The molecule has 0 N–H and O–H groups in total. The van der Waals surface area contributed by atoms with Gasteiger partial charge in [-0.15, -0.1) is 0 Å². The Labute approximate surface area is 145 Å². The fourth-order valence-corrected chi connectivity index (χ4v) is 2.43. The first-order valence-corrected chi connectivity index (χ1v) is 8.55. The van der Waals surface area contributed by atoms with Crippen LogP contribution >= 0.6 is 0 Å². The van der Waals surface area contributed by atoms with Crippen LogP contribution in [0.25, 0.3) is 0 Å². The molecule has 0 heterocycles. The Hall–Kier alpha value is -2.00. The van der Waals surface area contributed by atoms with E-state index in [4.69, 9.17) is 14.2 Å². The zero-order valence-corrected chi connectivity index (χ0v) is 15.3. The summed E-state index contributed by atoms with van der Waals surface area (Å²) in [7, 11) is 1.67. The van der Waals surface area contributed by atoms with Crippen molar-refractivity contribution < 1.29 is 14.2 Å². The van der Waals surface area contributed by atoms with E-state index in [1.165, 1.54) is 11.1 Å². The summed E-state index contributed by atoms with van der Waals surface area (Å²) in [6.45, 7) is 8.89. The molecule has 0 radical (unpaired) electrons. The lowest BCUT2D eigenvalue weighted by atomic mass is 9.98. The number of aryl methyl sites for hydroxylation is 1. The smallest absolute Gasteiger partial charge is 0.197 e. The van der Waals surface area contributed by atoms with Gasteiger partial charge in [0.2, 0.25) is 0 Å². The van der Waals surface area contributed by atoms with Crippen LogP contribution in [-0.4, -0.2) is 13.4 Å². The van der Waals surface area contributed by atoms with Crippen LogP contribution in [0.4, 0.5) is 0 Å². The molecule has 24 heavy (non-hydrogen) atoms. The molecule has 3 nitrogen and oxygen atoms in total. The van der Waals surface area contributed by atoms with E-state index in [1.807, 2.05) is 13.0 Å². The molecule has 0 saturated heterocycles. The zero-order chi connectivity index (χ0) is 17.5. The summed E-state index contributed by atoms with van der Waals surface area (Å²) in [6.07, 6.45) is 0.744. The molecule has 0 amide bonds. The highest BCUT2D eigenvalue weighted by molar-refractivity contribution is 5.44.